The molecule has 0 saturated heterocycles. The molecule has 3 nitrogen and oxygen atoms in total. The van der Waals surface area contributed by atoms with E-state index in [4.69, 9.17) is 0 Å². The molecule has 0 bridgehead atoms. The van der Waals surface area contributed by atoms with Gasteiger partial charge in [-0.05, 0) is 0 Å². The predicted molar refractivity (Wildman–Crippen MR) is 30.8 cm³/mol. The van der Waals surface area contributed by atoms with Crippen LogP contribution in [0.4, 0.5) is 26.3 Å². The quantitative estimate of drug-likeness (QED) is 0.480. The Hall–Kier alpha value is -0.930. The molecule has 0 aromatic carbocycles. The first-order chi connectivity index (χ1) is 6.05. The van der Waals surface area contributed by atoms with Crippen molar-refractivity contribution in [3.63, 3.8) is 0 Å². The van der Waals surface area contributed by atoms with E-state index in [9.17, 15) is 35.9 Å². The lowest BCUT2D eigenvalue weighted by Crippen LogP contribution is -2.26. The van der Waals surface area contributed by atoms with Gasteiger partial charge in [-0.2, -0.15) is 26.3 Å². The average Bonchev–Trinajstić information content (AvgIpc) is 1.95. The van der Waals surface area contributed by atoms with Crippen LogP contribution < -0.4 is 0 Å². The molecule has 0 aromatic rings. The van der Waals surface area contributed by atoms with Crippen LogP contribution in [0.5, 0.6) is 0 Å². The van der Waals surface area contributed by atoms with Gasteiger partial charge in [-0.3, -0.25) is 4.79 Å². The van der Waals surface area contributed by atoms with Gasteiger partial charge in [0.15, 0.2) is 0 Å². The summed E-state index contributed by atoms with van der Waals surface area (Å²) in [5, 5.41) is -2.64. The van der Waals surface area contributed by atoms with Crippen molar-refractivity contribution in [1.82, 2.24) is 0 Å². The summed E-state index contributed by atoms with van der Waals surface area (Å²) in [6.07, 6.45) is -10.8. The van der Waals surface area contributed by atoms with Gasteiger partial charge < -0.3 is 4.18 Å². The smallest absolute Gasteiger partial charge is 0.376 e. The van der Waals surface area contributed by atoms with Crippen LogP contribution in [0.15, 0.2) is 0 Å². The zero-order valence-corrected chi connectivity index (χ0v) is 6.72. The van der Waals surface area contributed by atoms with E-state index in [-0.39, 0.29) is 0 Å². The molecule has 0 rings (SSSR count). The monoisotopic (exact) mass is 242 g/mol. The molecule has 0 aliphatic carbocycles. The molecule has 0 aliphatic heterocycles. The lowest BCUT2D eigenvalue weighted by Gasteiger charge is -2.05. The summed E-state index contributed by atoms with van der Waals surface area (Å²) in [6.45, 7) is 0. The Bertz CT molecular complexity index is 216. The lowest BCUT2D eigenvalue weighted by molar-refractivity contribution is -0.188. The van der Waals surface area contributed by atoms with Crippen molar-refractivity contribution >= 4 is 23.1 Å². The molecule has 0 saturated carbocycles. The lowest BCUT2D eigenvalue weighted by atomic mass is 10.7. The summed E-state index contributed by atoms with van der Waals surface area (Å²) >= 11 is -1.22. The number of alkyl halides is 6. The van der Waals surface area contributed by atoms with E-state index in [1.54, 1.807) is 0 Å². The molecule has 0 aliphatic rings. The van der Waals surface area contributed by atoms with Crippen molar-refractivity contribution < 1.29 is 40.1 Å². The van der Waals surface area contributed by atoms with Gasteiger partial charge in [0.2, 0.25) is 0 Å². The van der Waals surface area contributed by atoms with E-state index in [2.05, 4.69) is 4.18 Å². The van der Waals surface area contributed by atoms with Crippen molar-refractivity contribution in [1.29, 1.82) is 0 Å². The molecule has 0 radical (unpaired) electrons. The first-order valence-corrected chi connectivity index (χ1v) is 3.36. The number of halogens is 6. The zero-order chi connectivity index (χ0) is 11.6. The third-order valence-electron chi connectivity index (χ3n) is 0.656. The highest BCUT2D eigenvalue weighted by Crippen LogP contribution is 2.26. The number of carbonyl (C=O) groups excluding carboxylic acids is 2. The Balaban J connectivity index is 4.10. The van der Waals surface area contributed by atoms with Crippen LogP contribution in [0.1, 0.15) is 0 Å². The van der Waals surface area contributed by atoms with Gasteiger partial charge in [-0.1, -0.05) is 0 Å². The summed E-state index contributed by atoms with van der Waals surface area (Å²) in [7, 11) is 0. The molecular weight excluding hydrogens is 242 g/mol. The van der Waals surface area contributed by atoms with Gasteiger partial charge in [0, 0.05) is 0 Å². The minimum atomic E-state index is -5.43. The second kappa shape index (κ2) is 4.07. The molecule has 82 valence electrons. The Morgan fingerprint density at radius 2 is 1.36 bits per heavy atom. The van der Waals surface area contributed by atoms with Crippen molar-refractivity contribution in [2.75, 3.05) is 0 Å². The van der Waals surface area contributed by atoms with Gasteiger partial charge in [0.05, 0.1) is 0 Å². The molecule has 14 heavy (non-hydrogen) atoms. The molecule has 0 aromatic heterocycles. The third-order valence-corrected chi connectivity index (χ3v) is 1.27. The maximum atomic E-state index is 11.4. The molecule has 0 N–H and O–H groups in total. The van der Waals surface area contributed by atoms with Crippen molar-refractivity contribution in [2.24, 2.45) is 0 Å². The summed E-state index contributed by atoms with van der Waals surface area (Å²) in [6, 6.07) is 0. The SMILES string of the molecule is O=C(OSC(=O)C(F)(F)F)C(F)(F)F. The van der Waals surface area contributed by atoms with E-state index in [0.717, 1.165) is 0 Å². The van der Waals surface area contributed by atoms with Gasteiger partial charge in [0.25, 0.3) is 0 Å². The minimum Gasteiger partial charge on any atom is -0.376 e. The van der Waals surface area contributed by atoms with E-state index in [1.807, 2.05) is 0 Å². The Morgan fingerprint density at radius 1 is 0.929 bits per heavy atom. The molecule has 0 spiro atoms. The summed E-state index contributed by atoms with van der Waals surface area (Å²) in [5.41, 5.74) is 0. The zero-order valence-electron chi connectivity index (χ0n) is 5.90. The van der Waals surface area contributed by atoms with Crippen LogP contribution >= 0.6 is 12.0 Å². The van der Waals surface area contributed by atoms with Crippen molar-refractivity contribution in [3.05, 3.63) is 0 Å². The minimum absolute atomic E-state index is 1.22. The number of rotatable bonds is 0. The van der Waals surface area contributed by atoms with Gasteiger partial charge in [-0.25, -0.2) is 4.79 Å². The predicted octanol–water partition coefficient (Wildman–Crippen LogP) is 1.83. The first-order valence-electron chi connectivity index (χ1n) is 2.62. The van der Waals surface area contributed by atoms with E-state index in [0.29, 0.717) is 0 Å². The highest BCUT2D eigenvalue weighted by molar-refractivity contribution is 8.10. The van der Waals surface area contributed by atoms with Gasteiger partial charge in [-0.15, -0.1) is 0 Å². The maximum absolute atomic E-state index is 11.4. The maximum Gasteiger partial charge on any atom is 0.492 e. The average molecular weight is 242 g/mol. The van der Waals surface area contributed by atoms with Crippen LogP contribution in [0.3, 0.4) is 0 Å². The summed E-state index contributed by atoms with van der Waals surface area (Å²) < 4.78 is 71.0. The van der Waals surface area contributed by atoms with Crippen LogP contribution in [0.2, 0.25) is 0 Å². The second-order valence-corrected chi connectivity index (χ2v) is 2.44. The molecule has 0 atom stereocenters. The van der Waals surface area contributed by atoms with Crippen LogP contribution in [0.25, 0.3) is 0 Å². The highest BCUT2D eigenvalue weighted by Gasteiger charge is 2.45. The molecule has 0 heterocycles. The second-order valence-electron chi connectivity index (χ2n) is 1.74. The number of hydrogen-bond acceptors (Lipinski definition) is 4. The van der Waals surface area contributed by atoms with Crippen LogP contribution in [0, 0.1) is 0 Å². The molecule has 0 fully saturated rings. The standard InChI is InChI=1S/C4F6O3S/c5-3(6,7)1(11)13-14-2(12)4(8,9)10. The van der Waals surface area contributed by atoms with E-state index in [1.165, 1.54) is 0 Å². The third kappa shape index (κ3) is 4.35. The Morgan fingerprint density at radius 3 is 1.64 bits per heavy atom. The molecule has 0 amide bonds. The Labute approximate surface area is 76.6 Å². The van der Waals surface area contributed by atoms with E-state index >= 15 is 0 Å². The first kappa shape index (κ1) is 13.1. The fourth-order valence-electron chi connectivity index (χ4n) is 0.170. The van der Waals surface area contributed by atoms with E-state index < -0.39 is 35.5 Å². The van der Waals surface area contributed by atoms with Crippen LogP contribution in [-0.2, 0) is 13.8 Å². The summed E-state index contributed by atoms with van der Waals surface area (Å²) in [5.74, 6) is -2.87. The van der Waals surface area contributed by atoms with Crippen molar-refractivity contribution in [2.45, 2.75) is 12.4 Å². The Kier molecular flexibility index (Phi) is 3.80. The topological polar surface area (TPSA) is 43.4 Å². The highest BCUT2D eigenvalue weighted by atomic mass is 32.2. The van der Waals surface area contributed by atoms with Gasteiger partial charge >= 0.3 is 23.4 Å². The largest absolute Gasteiger partial charge is 0.492 e. The fourth-order valence-corrected chi connectivity index (χ4v) is 0.511. The normalized spacial score (nSPS) is 12.4. The fraction of sp³-hybridized carbons (Fsp3) is 0.500. The molecule has 10 heteroatoms. The number of hydrogen-bond donors (Lipinski definition) is 0. The molecular formula is C4F6O3S. The van der Waals surface area contributed by atoms with Crippen molar-refractivity contribution in [3.8, 4) is 0 Å². The molecule has 0 unspecified atom stereocenters. The number of carbonyl (C=O) groups is 2. The summed E-state index contributed by atoms with van der Waals surface area (Å²) in [4.78, 5) is 19.7. The van der Waals surface area contributed by atoms with Crippen LogP contribution in [-0.4, -0.2) is 23.4 Å². The van der Waals surface area contributed by atoms with Gasteiger partial charge in [0.1, 0.15) is 12.0 Å².